The minimum absolute atomic E-state index is 0.224. The van der Waals surface area contributed by atoms with Crippen molar-refractivity contribution in [2.24, 2.45) is 0 Å². The van der Waals surface area contributed by atoms with Gasteiger partial charge in [0.15, 0.2) is 0 Å². The highest BCUT2D eigenvalue weighted by molar-refractivity contribution is 7.09. The molecule has 0 aliphatic heterocycles. The first-order valence-corrected chi connectivity index (χ1v) is 9.99. The van der Waals surface area contributed by atoms with Crippen LogP contribution in [0.4, 0.5) is 4.39 Å². The maximum Gasteiger partial charge on any atom is 0.127 e. The first-order chi connectivity index (χ1) is 12.5. The number of thiazole rings is 1. The van der Waals surface area contributed by atoms with Gasteiger partial charge in [-0.2, -0.15) is 0 Å². The van der Waals surface area contributed by atoms with E-state index in [1.165, 1.54) is 11.6 Å². The smallest absolute Gasteiger partial charge is 0.127 e. The fourth-order valence-corrected chi connectivity index (χ4v) is 3.79. The maximum absolute atomic E-state index is 13.8. The summed E-state index contributed by atoms with van der Waals surface area (Å²) in [5.74, 6) is -0.224. The third-order valence-corrected chi connectivity index (χ3v) is 5.57. The summed E-state index contributed by atoms with van der Waals surface area (Å²) in [7, 11) is 0. The van der Waals surface area contributed by atoms with Crippen molar-refractivity contribution in [1.82, 2.24) is 10.3 Å². The lowest BCUT2D eigenvalue weighted by Gasteiger charge is -2.15. The van der Waals surface area contributed by atoms with E-state index in [2.05, 4.69) is 46.9 Å². The molecule has 1 unspecified atom stereocenters. The standard InChI is InChI=1S/C21H22ClFN2S/c1-14(24-12-4-5-18-19(22)6-3-7-20(18)23)16-8-10-17(11-9-16)21-13-26-15(2)25-21/h3,6-11,13-14,24H,4-5,12H2,1-2H3. The largest absolute Gasteiger partial charge is 0.310 e. The van der Waals surface area contributed by atoms with Gasteiger partial charge in [-0.15, -0.1) is 11.3 Å². The number of halogens is 2. The van der Waals surface area contributed by atoms with Gasteiger partial charge in [0.1, 0.15) is 5.82 Å². The molecule has 3 aromatic rings. The van der Waals surface area contributed by atoms with Gasteiger partial charge in [0.25, 0.3) is 0 Å². The quantitative estimate of drug-likeness (QED) is 0.488. The van der Waals surface area contributed by atoms with Crippen LogP contribution in [0.2, 0.25) is 5.02 Å². The molecule has 0 spiro atoms. The van der Waals surface area contributed by atoms with Crippen molar-refractivity contribution in [1.29, 1.82) is 0 Å². The third-order valence-electron chi connectivity index (χ3n) is 4.44. The lowest BCUT2D eigenvalue weighted by molar-refractivity contribution is 0.549. The predicted molar refractivity (Wildman–Crippen MR) is 108 cm³/mol. The summed E-state index contributed by atoms with van der Waals surface area (Å²) < 4.78 is 13.8. The summed E-state index contributed by atoms with van der Waals surface area (Å²) in [5.41, 5.74) is 4.00. The molecule has 0 bridgehead atoms. The van der Waals surface area contributed by atoms with Crippen LogP contribution in [0, 0.1) is 12.7 Å². The molecule has 1 atom stereocenters. The van der Waals surface area contributed by atoms with E-state index in [0.29, 0.717) is 17.0 Å². The average Bonchev–Trinajstić information content (AvgIpc) is 3.07. The zero-order valence-electron chi connectivity index (χ0n) is 14.9. The van der Waals surface area contributed by atoms with E-state index in [9.17, 15) is 4.39 Å². The van der Waals surface area contributed by atoms with Crippen LogP contribution in [0.1, 0.15) is 35.5 Å². The first kappa shape index (κ1) is 19.0. The lowest BCUT2D eigenvalue weighted by atomic mass is 10.0. The molecule has 2 nitrogen and oxygen atoms in total. The highest BCUT2D eigenvalue weighted by Gasteiger charge is 2.09. The summed E-state index contributed by atoms with van der Waals surface area (Å²) >= 11 is 7.73. The number of nitrogens with zero attached hydrogens (tertiary/aromatic N) is 1. The van der Waals surface area contributed by atoms with Crippen molar-refractivity contribution in [3.8, 4) is 11.3 Å². The van der Waals surface area contributed by atoms with Gasteiger partial charge < -0.3 is 5.32 Å². The Bertz CT molecular complexity index is 840. The molecule has 3 rings (SSSR count). The SMILES string of the molecule is Cc1nc(-c2ccc(C(C)NCCCc3c(F)cccc3Cl)cc2)cs1. The molecular formula is C21H22ClFN2S. The molecule has 1 aromatic heterocycles. The van der Waals surface area contributed by atoms with Gasteiger partial charge in [0, 0.05) is 27.6 Å². The second-order valence-corrected chi connectivity index (χ2v) is 7.82. The van der Waals surface area contributed by atoms with E-state index < -0.39 is 0 Å². The molecule has 5 heteroatoms. The molecule has 1 heterocycles. The van der Waals surface area contributed by atoms with Crippen molar-refractivity contribution in [3.63, 3.8) is 0 Å². The Morgan fingerprint density at radius 1 is 1.19 bits per heavy atom. The second kappa shape index (κ2) is 8.76. The highest BCUT2D eigenvalue weighted by Crippen LogP contribution is 2.24. The second-order valence-electron chi connectivity index (χ2n) is 6.35. The third kappa shape index (κ3) is 4.70. The highest BCUT2D eigenvalue weighted by atomic mass is 35.5. The van der Waals surface area contributed by atoms with Crippen molar-refractivity contribution in [2.45, 2.75) is 32.7 Å². The fraction of sp³-hybridized carbons (Fsp3) is 0.286. The molecule has 0 aliphatic rings. The van der Waals surface area contributed by atoms with Gasteiger partial charge in [-0.1, -0.05) is 41.9 Å². The Hall–Kier alpha value is -1.75. The minimum atomic E-state index is -0.224. The number of aryl methyl sites for hydroxylation is 1. The van der Waals surface area contributed by atoms with Crippen molar-refractivity contribution >= 4 is 22.9 Å². The van der Waals surface area contributed by atoms with E-state index in [0.717, 1.165) is 29.2 Å². The maximum atomic E-state index is 13.8. The topological polar surface area (TPSA) is 24.9 Å². The monoisotopic (exact) mass is 388 g/mol. The number of nitrogens with one attached hydrogen (secondary N) is 1. The van der Waals surface area contributed by atoms with Gasteiger partial charge in [0.05, 0.1) is 10.7 Å². The average molecular weight is 389 g/mol. The van der Waals surface area contributed by atoms with Crippen molar-refractivity contribution in [2.75, 3.05) is 6.54 Å². The van der Waals surface area contributed by atoms with Crippen LogP contribution >= 0.6 is 22.9 Å². The first-order valence-electron chi connectivity index (χ1n) is 8.73. The summed E-state index contributed by atoms with van der Waals surface area (Å²) in [6, 6.07) is 13.6. The van der Waals surface area contributed by atoms with Gasteiger partial charge >= 0.3 is 0 Å². The predicted octanol–water partition coefficient (Wildman–Crippen LogP) is 6.19. The van der Waals surface area contributed by atoms with E-state index in [4.69, 9.17) is 11.6 Å². The molecule has 26 heavy (non-hydrogen) atoms. The summed E-state index contributed by atoms with van der Waals surface area (Å²) in [4.78, 5) is 4.52. The normalized spacial score (nSPS) is 12.3. The van der Waals surface area contributed by atoms with Crippen LogP contribution in [0.15, 0.2) is 47.8 Å². The van der Waals surface area contributed by atoms with E-state index in [-0.39, 0.29) is 11.9 Å². The van der Waals surface area contributed by atoms with Crippen molar-refractivity contribution < 1.29 is 4.39 Å². The number of hydrogen-bond donors (Lipinski definition) is 1. The summed E-state index contributed by atoms with van der Waals surface area (Å²) in [5, 5.41) is 7.16. The molecule has 136 valence electrons. The molecule has 0 amide bonds. The van der Waals surface area contributed by atoms with Gasteiger partial charge in [-0.25, -0.2) is 9.37 Å². The molecule has 0 radical (unpaired) electrons. The molecule has 1 N–H and O–H groups in total. The zero-order valence-corrected chi connectivity index (χ0v) is 16.5. The van der Waals surface area contributed by atoms with Crippen LogP contribution in [-0.2, 0) is 6.42 Å². The fourth-order valence-electron chi connectivity index (χ4n) is 2.91. The Balaban J connectivity index is 1.51. The van der Waals surface area contributed by atoms with Gasteiger partial charge in [-0.3, -0.25) is 0 Å². The van der Waals surface area contributed by atoms with Crippen LogP contribution in [-0.4, -0.2) is 11.5 Å². The number of benzene rings is 2. The number of rotatable bonds is 7. The van der Waals surface area contributed by atoms with Crippen LogP contribution < -0.4 is 5.32 Å². The number of hydrogen-bond acceptors (Lipinski definition) is 3. The lowest BCUT2D eigenvalue weighted by Crippen LogP contribution is -2.20. The van der Waals surface area contributed by atoms with Gasteiger partial charge in [0.2, 0.25) is 0 Å². The molecule has 0 aliphatic carbocycles. The van der Waals surface area contributed by atoms with Gasteiger partial charge in [-0.05, 0) is 50.9 Å². The molecule has 0 saturated carbocycles. The molecular weight excluding hydrogens is 367 g/mol. The van der Waals surface area contributed by atoms with E-state index in [1.54, 1.807) is 23.5 Å². The Labute approximate surface area is 163 Å². The Morgan fingerprint density at radius 3 is 2.62 bits per heavy atom. The van der Waals surface area contributed by atoms with Crippen LogP contribution in [0.3, 0.4) is 0 Å². The summed E-state index contributed by atoms with van der Waals surface area (Å²) in [6.45, 7) is 4.96. The zero-order chi connectivity index (χ0) is 18.5. The van der Waals surface area contributed by atoms with E-state index >= 15 is 0 Å². The van der Waals surface area contributed by atoms with Crippen molar-refractivity contribution in [3.05, 3.63) is 74.8 Å². The van der Waals surface area contributed by atoms with E-state index in [1.807, 2.05) is 6.92 Å². The number of aromatic nitrogens is 1. The molecule has 0 saturated heterocycles. The molecule has 0 fully saturated rings. The Morgan fingerprint density at radius 2 is 1.96 bits per heavy atom. The molecule has 2 aromatic carbocycles. The van der Waals surface area contributed by atoms with Crippen LogP contribution in [0.5, 0.6) is 0 Å². The van der Waals surface area contributed by atoms with Crippen LogP contribution in [0.25, 0.3) is 11.3 Å². The summed E-state index contributed by atoms with van der Waals surface area (Å²) in [6.07, 6.45) is 1.47. The minimum Gasteiger partial charge on any atom is -0.310 e. The Kier molecular flexibility index (Phi) is 6.41.